The number of aromatic nitrogens is 1. The van der Waals surface area contributed by atoms with Gasteiger partial charge in [-0.1, -0.05) is 6.07 Å². The Hall–Kier alpha value is -3.06. The van der Waals surface area contributed by atoms with Crippen LogP contribution >= 0.6 is 0 Å². The molecule has 1 aromatic heterocycles. The average Bonchev–Trinajstić information content (AvgIpc) is 3.40. The maximum atomic E-state index is 13.0. The second-order valence-corrected chi connectivity index (χ2v) is 8.61. The summed E-state index contributed by atoms with van der Waals surface area (Å²) in [5, 5.41) is 8.64. The van der Waals surface area contributed by atoms with E-state index in [2.05, 4.69) is 15.4 Å². The molecule has 0 bridgehead atoms. The van der Waals surface area contributed by atoms with Gasteiger partial charge in [0.2, 0.25) is 0 Å². The number of carbonyl (C=O) groups is 2. The van der Waals surface area contributed by atoms with E-state index in [0.717, 1.165) is 44.4 Å². The van der Waals surface area contributed by atoms with Crippen molar-refractivity contribution in [1.82, 2.24) is 25.2 Å². The normalized spacial score (nSPS) is 20.8. The van der Waals surface area contributed by atoms with Crippen LogP contribution in [0.4, 0.5) is 10.6 Å². The summed E-state index contributed by atoms with van der Waals surface area (Å²) in [5.41, 5.74) is 4.55. The van der Waals surface area contributed by atoms with E-state index in [1.165, 1.54) is 5.01 Å². The van der Waals surface area contributed by atoms with Crippen molar-refractivity contribution in [2.45, 2.75) is 31.9 Å². The van der Waals surface area contributed by atoms with Crippen LogP contribution in [0.1, 0.15) is 31.4 Å². The lowest BCUT2D eigenvalue weighted by atomic mass is 10.0. The van der Waals surface area contributed by atoms with Crippen LogP contribution in [0.3, 0.4) is 0 Å². The molecule has 1 aromatic rings. The highest BCUT2D eigenvalue weighted by molar-refractivity contribution is 5.92. The zero-order chi connectivity index (χ0) is 24.2. The lowest BCUT2D eigenvalue weighted by Crippen LogP contribution is -2.47. The molecule has 2 fully saturated rings. The maximum absolute atomic E-state index is 13.0. The number of piperidine rings is 1. The smallest absolute Gasteiger partial charge is 0.336 e. The van der Waals surface area contributed by atoms with E-state index in [1.807, 2.05) is 11.0 Å². The molecule has 1 atom stereocenters. The Morgan fingerprint density at radius 1 is 1.32 bits per heavy atom. The van der Waals surface area contributed by atoms with E-state index >= 15 is 0 Å². The summed E-state index contributed by atoms with van der Waals surface area (Å²) >= 11 is 0. The zero-order valence-electron chi connectivity index (χ0n) is 19.6. The number of rotatable bonds is 9. The second-order valence-electron chi connectivity index (χ2n) is 8.61. The summed E-state index contributed by atoms with van der Waals surface area (Å²) in [4.78, 5) is 35.1. The minimum absolute atomic E-state index is 0.0297. The predicted molar refractivity (Wildman–Crippen MR) is 125 cm³/mol. The minimum Gasteiger partial charge on any atom is -0.456 e. The van der Waals surface area contributed by atoms with Gasteiger partial charge in [0.05, 0.1) is 17.4 Å². The van der Waals surface area contributed by atoms with E-state index < -0.39 is 0 Å². The van der Waals surface area contributed by atoms with Crippen molar-refractivity contribution >= 4 is 24.2 Å². The van der Waals surface area contributed by atoms with Gasteiger partial charge in [-0.25, -0.2) is 19.6 Å². The molecule has 0 radical (unpaired) electrons. The molecule has 0 aromatic carbocycles. The fourth-order valence-corrected chi connectivity index (χ4v) is 4.76. The fraction of sp³-hybridized carbons (Fsp3) is 0.545. The summed E-state index contributed by atoms with van der Waals surface area (Å²) in [6.07, 6.45) is 4.41. The van der Waals surface area contributed by atoms with Crippen molar-refractivity contribution in [3.8, 4) is 0 Å². The maximum Gasteiger partial charge on any atom is 0.336 e. The predicted octanol–water partition coefficient (Wildman–Crippen LogP) is 0.594. The highest BCUT2D eigenvalue weighted by atomic mass is 16.5. The molecule has 4 heterocycles. The van der Waals surface area contributed by atoms with Crippen LogP contribution in [0.5, 0.6) is 0 Å². The third kappa shape index (κ3) is 4.75. The van der Waals surface area contributed by atoms with E-state index in [0.29, 0.717) is 30.2 Å². The number of hydrazine groups is 2. The number of likely N-dealkylation sites (tertiary alicyclic amines) is 1. The summed E-state index contributed by atoms with van der Waals surface area (Å²) in [7, 11) is 1.68. The van der Waals surface area contributed by atoms with Gasteiger partial charge in [0.1, 0.15) is 18.8 Å². The molecule has 34 heavy (non-hydrogen) atoms. The largest absolute Gasteiger partial charge is 0.456 e. The average molecular weight is 473 g/mol. The summed E-state index contributed by atoms with van der Waals surface area (Å²) < 4.78 is 10.8. The van der Waals surface area contributed by atoms with E-state index in [1.54, 1.807) is 31.2 Å². The van der Waals surface area contributed by atoms with Crippen molar-refractivity contribution in [3.63, 3.8) is 0 Å². The highest BCUT2D eigenvalue weighted by Gasteiger charge is 2.39. The molecule has 0 saturated carbocycles. The molecule has 2 amide bonds. The van der Waals surface area contributed by atoms with Gasteiger partial charge in [0.15, 0.2) is 0 Å². The van der Waals surface area contributed by atoms with E-state index in [4.69, 9.17) is 20.7 Å². The Bertz CT molecular complexity index is 945. The van der Waals surface area contributed by atoms with Crippen LogP contribution in [0.15, 0.2) is 29.6 Å². The van der Waals surface area contributed by atoms with Crippen LogP contribution in [0, 0.1) is 5.41 Å². The molecule has 12 heteroatoms. The minimum atomic E-state index is -0.338. The Morgan fingerprint density at radius 3 is 2.65 bits per heavy atom. The molecule has 3 aliphatic heterocycles. The van der Waals surface area contributed by atoms with Gasteiger partial charge < -0.3 is 19.3 Å². The lowest BCUT2D eigenvalue weighted by Gasteiger charge is -2.37. The van der Waals surface area contributed by atoms with Crippen LogP contribution < -0.4 is 16.4 Å². The topological polar surface area (TPSA) is 140 Å². The van der Waals surface area contributed by atoms with Crippen molar-refractivity contribution in [1.29, 1.82) is 5.41 Å². The Balaban J connectivity index is 1.31. The van der Waals surface area contributed by atoms with E-state index in [9.17, 15) is 9.59 Å². The number of pyridine rings is 1. The first-order valence-corrected chi connectivity index (χ1v) is 11.4. The molecule has 3 aliphatic rings. The number of methoxy groups -OCH3 is 1. The third-order valence-corrected chi connectivity index (χ3v) is 6.81. The summed E-state index contributed by atoms with van der Waals surface area (Å²) in [5.74, 6) is 5.56. The van der Waals surface area contributed by atoms with Crippen molar-refractivity contribution in [3.05, 3.63) is 35.2 Å². The molecule has 0 unspecified atom stereocenters. The molecule has 0 aliphatic carbocycles. The van der Waals surface area contributed by atoms with Crippen molar-refractivity contribution < 1.29 is 19.1 Å². The zero-order valence-corrected chi connectivity index (χ0v) is 19.6. The standard InChI is InChI=1S/C22H32N8O4/c1-15-18(13-34-21(15)31)29-10-9-28(22(29)32)17-5-7-27(8-6-17)12-19(33-2)16-3-4-20(25-11-16)30(14-23)26-24/h3-4,11,14,17,19,23,26H,5-10,12-13,24H2,1-2H3/t19-/m0/s1. The van der Waals surface area contributed by atoms with Gasteiger partial charge >= 0.3 is 12.0 Å². The van der Waals surface area contributed by atoms with Gasteiger partial charge in [-0.2, -0.15) is 5.53 Å². The number of hydrogen-bond donors (Lipinski definition) is 3. The number of nitrogens with zero attached hydrogens (tertiary/aromatic N) is 5. The molecule has 0 spiro atoms. The number of carbonyl (C=O) groups excluding carboxylic acids is 2. The van der Waals surface area contributed by atoms with Crippen LogP contribution in [0.2, 0.25) is 0 Å². The van der Waals surface area contributed by atoms with Gasteiger partial charge in [0.25, 0.3) is 0 Å². The van der Waals surface area contributed by atoms with Gasteiger partial charge in [-0.3, -0.25) is 16.2 Å². The Kier molecular flexibility index (Phi) is 7.41. The number of anilines is 1. The molecular formula is C22H32N8O4. The first-order chi connectivity index (χ1) is 16.5. The number of hydrogen-bond acceptors (Lipinski definition) is 9. The van der Waals surface area contributed by atoms with Crippen LogP contribution in [-0.2, 0) is 14.3 Å². The first kappa shape index (κ1) is 24.1. The number of urea groups is 1. The number of esters is 1. The quantitative estimate of drug-likeness (QED) is 0.155. The van der Waals surface area contributed by atoms with Crippen molar-refractivity contribution in [2.24, 2.45) is 5.84 Å². The second kappa shape index (κ2) is 10.5. The van der Waals surface area contributed by atoms with Crippen molar-refractivity contribution in [2.75, 3.05) is 51.4 Å². The number of nitrogens with two attached hydrogens (primary N) is 1. The molecule has 4 rings (SSSR count). The number of cyclic esters (lactones) is 1. The number of amides is 2. The fourth-order valence-electron chi connectivity index (χ4n) is 4.76. The van der Waals surface area contributed by atoms with Gasteiger partial charge in [-0.05, 0) is 25.8 Å². The molecular weight excluding hydrogens is 440 g/mol. The summed E-state index contributed by atoms with van der Waals surface area (Å²) in [6.45, 7) is 5.60. The Morgan fingerprint density at radius 2 is 2.09 bits per heavy atom. The van der Waals surface area contributed by atoms with Gasteiger partial charge in [-0.15, -0.1) is 0 Å². The molecule has 12 nitrogen and oxygen atoms in total. The van der Waals surface area contributed by atoms with Crippen LogP contribution in [0.25, 0.3) is 0 Å². The molecule has 4 N–H and O–H groups in total. The first-order valence-electron chi connectivity index (χ1n) is 11.4. The summed E-state index contributed by atoms with van der Waals surface area (Å²) in [6, 6.07) is 3.86. The number of ether oxygens (including phenoxy) is 2. The highest BCUT2D eigenvalue weighted by Crippen LogP contribution is 2.28. The lowest BCUT2D eigenvalue weighted by molar-refractivity contribution is -0.136. The molecule has 184 valence electrons. The molecule has 2 saturated heterocycles. The third-order valence-electron chi connectivity index (χ3n) is 6.81. The SMILES string of the molecule is CO[C@@H](CN1CCC(N2CCN(C3=C(C)C(=O)OC3)C2=O)CC1)c1ccc(N(C=N)NN)nc1. The Labute approximate surface area is 198 Å². The van der Waals surface area contributed by atoms with Gasteiger partial charge in [0, 0.05) is 57.6 Å². The number of nitrogens with one attached hydrogen (secondary N) is 2. The van der Waals surface area contributed by atoms with Crippen LogP contribution in [-0.4, -0.2) is 90.5 Å². The monoisotopic (exact) mass is 472 g/mol. The van der Waals surface area contributed by atoms with E-state index in [-0.39, 0.29) is 30.8 Å².